The summed E-state index contributed by atoms with van der Waals surface area (Å²) in [5.74, 6) is 0. The third-order valence-corrected chi connectivity index (χ3v) is 3.04. The van der Waals surface area contributed by atoms with Gasteiger partial charge < -0.3 is 0 Å². The zero-order valence-corrected chi connectivity index (χ0v) is 8.94. The van der Waals surface area contributed by atoms with Gasteiger partial charge in [-0.1, -0.05) is 0 Å². The molecule has 0 aliphatic rings. The van der Waals surface area contributed by atoms with Gasteiger partial charge in [-0.15, -0.1) is 11.3 Å². The van der Waals surface area contributed by atoms with Gasteiger partial charge in [0, 0.05) is 14.6 Å². The molecule has 0 saturated heterocycles. The van der Waals surface area contributed by atoms with Crippen molar-refractivity contribution < 1.29 is 0 Å². The van der Waals surface area contributed by atoms with Gasteiger partial charge in [0.2, 0.25) is 0 Å². The van der Waals surface area contributed by atoms with Crippen LogP contribution in [0.15, 0.2) is 18.3 Å². The fourth-order valence-electron chi connectivity index (χ4n) is 1.02. The molecule has 0 aliphatic carbocycles. The van der Waals surface area contributed by atoms with Gasteiger partial charge in [0.15, 0.2) is 0 Å². The number of fused-ring (bicyclic) bond motifs is 1. The smallest absolute Gasteiger partial charge is 0.0813 e. The Morgan fingerprint density at radius 2 is 2.27 bits per heavy atom. The minimum absolute atomic E-state index is 1.12. The van der Waals surface area contributed by atoms with Crippen LogP contribution in [-0.4, -0.2) is 4.98 Å². The average Bonchev–Trinajstić information content (AvgIpc) is 2.27. The summed E-state index contributed by atoms with van der Waals surface area (Å²) in [6.45, 7) is 2.11. The number of aromatic nitrogens is 1. The Morgan fingerprint density at radius 3 is 3.09 bits per heavy atom. The molecular weight excluding hydrogens is 269 g/mol. The molecular formula is C8H6INS. The lowest BCUT2D eigenvalue weighted by atomic mass is 10.4. The van der Waals surface area contributed by atoms with E-state index in [1.807, 2.05) is 6.20 Å². The maximum Gasteiger partial charge on any atom is 0.0813 e. The van der Waals surface area contributed by atoms with E-state index in [-0.39, 0.29) is 0 Å². The highest BCUT2D eigenvalue weighted by atomic mass is 127. The lowest BCUT2D eigenvalue weighted by Gasteiger charge is -1.87. The number of hydrogen-bond donors (Lipinski definition) is 0. The molecule has 0 atom stereocenters. The highest BCUT2D eigenvalue weighted by molar-refractivity contribution is 14.1. The molecule has 2 heterocycles. The van der Waals surface area contributed by atoms with E-state index >= 15 is 0 Å². The van der Waals surface area contributed by atoms with Crippen LogP contribution in [0.2, 0.25) is 0 Å². The van der Waals surface area contributed by atoms with Crippen molar-refractivity contribution in [1.82, 2.24) is 4.98 Å². The number of halogens is 1. The Bertz CT molecular complexity index is 394. The first-order valence-corrected chi connectivity index (χ1v) is 5.17. The van der Waals surface area contributed by atoms with Crippen LogP contribution in [0.3, 0.4) is 0 Å². The molecule has 0 unspecified atom stereocenters. The number of pyridine rings is 1. The van der Waals surface area contributed by atoms with E-state index in [2.05, 4.69) is 46.6 Å². The monoisotopic (exact) mass is 275 g/mol. The van der Waals surface area contributed by atoms with Gasteiger partial charge >= 0.3 is 0 Å². The minimum atomic E-state index is 1.12. The van der Waals surface area contributed by atoms with Crippen LogP contribution in [-0.2, 0) is 0 Å². The maximum absolute atomic E-state index is 4.30. The fourth-order valence-corrected chi connectivity index (χ4v) is 2.60. The Balaban J connectivity index is 2.82. The minimum Gasteiger partial charge on any atom is -0.254 e. The summed E-state index contributed by atoms with van der Waals surface area (Å²) >= 11 is 4.08. The largest absolute Gasteiger partial charge is 0.254 e. The third kappa shape index (κ3) is 1.39. The van der Waals surface area contributed by atoms with Gasteiger partial charge in [-0.2, -0.15) is 0 Å². The number of thiophene rings is 1. The molecule has 2 aromatic heterocycles. The average molecular weight is 275 g/mol. The SMILES string of the molecule is Cc1cc2ncc(I)cc2s1. The summed E-state index contributed by atoms with van der Waals surface area (Å²) < 4.78 is 2.49. The van der Waals surface area contributed by atoms with E-state index in [1.54, 1.807) is 11.3 Å². The van der Waals surface area contributed by atoms with Crippen LogP contribution in [0.5, 0.6) is 0 Å². The molecule has 0 amide bonds. The summed E-state index contributed by atoms with van der Waals surface area (Å²) in [4.78, 5) is 5.63. The third-order valence-electron chi connectivity index (χ3n) is 1.46. The van der Waals surface area contributed by atoms with E-state index in [1.165, 1.54) is 13.1 Å². The second kappa shape index (κ2) is 2.71. The topological polar surface area (TPSA) is 12.9 Å². The summed E-state index contributed by atoms with van der Waals surface area (Å²) in [5, 5.41) is 0. The Labute approximate surface area is 82.6 Å². The molecule has 56 valence electrons. The Morgan fingerprint density at radius 1 is 1.45 bits per heavy atom. The number of rotatable bonds is 0. The van der Waals surface area contributed by atoms with Gasteiger partial charge in [-0.05, 0) is 41.6 Å². The van der Waals surface area contributed by atoms with E-state index < -0.39 is 0 Å². The molecule has 2 aromatic rings. The van der Waals surface area contributed by atoms with Gasteiger partial charge in [0.25, 0.3) is 0 Å². The quantitative estimate of drug-likeness (QED) is 0.673. The van der Waals surface area contributed by atoms with Crippen molar-refractivity contribution in [2.75, 3.05) is 0 Å². The van der Waals surface area contributed by atoms with Crippen LogP contribution in [0, 0.1) is 10.5 Å². The van der Waals surface area contributed by atoms with E-state index in [0.717, 1.165) is 5.52 Å². The van der Waals surface area contributed by atoms with Gasteiger partial charge in [0.1, 0.15) is 0 Å². The Hall–Kier alpha value is -0.160. The second-order valence-corrected chi connectivity index (χ2v) is 4.93. The number of nitrogens with zero attached hydrogens (tertiary/aromatic N) is 1. The molecule has 2 rings (SSSR count). The molecule has 0 N–H and O–H groups in total. The summed E-state index contributed by atoms with van der Waals surface area (Å²) in [5.41, 5.74) is 1.12. The van der Waals surface area contributed by atoms with Crippen molar-refractivity contribution in [2.45, 2.75) is 6.92 Å². The summed E-state index contributed by atoms with van der Waals surface area (Å²) in [7, 11) is 0. The van der Waals surface area contributed by atoms with Crippen LogP contribution < -0.4 is 0 Å². The van der Waals surface area contributed by atoms with Gasteiger partial charge in [-0.3, -0.25) is 4.98 Å². The number of hydrogen-bond acceptors (Lipinski definition) is 2. The molecule has 1 nitrogen and oxygen atoms in total. The van der Waals surface area contributed by atoms with Crippen molar-refractivity contribution in [3.63, 3.8) is 0 Å². The zero-order valence-electron chi connectivity index (χ0n) is 5.97. The predicted molar refractivity (Wildman–Crippen MR) is 57.1 cm³/mol. The van der Waals surface area contributed by atoms with Crippen LogP contribution in [0.1, 0.15) is 4.88 Å². The first kappa shape index (κ1) is 7.49. The van der Waals surface area contributed by atoms with Crippen molar-refractivity contribution in [3.05, 3.63) is 26.8 Å². The molecule has 0 saturated carbocycles. The first-order chi connectivity index (χ1) is 5.25. The first-order valence-electron chi connectivity index (χ1n) is 3.27. The Kier molecular flexibility index (Phi) is 1.85. The molecule has 3 heteroatoms. The highest BCUT2D eigenvalue weighted by Gasteiger charge is 1.98. The maximum atomic E-state index is 4.30. The van der Waals surface area contributed by atoms with E-state index in [9.17, 15) is 0 Å². The van der Waals surface area contributed by atoms with Crippen molar-refractivity contribution >= 4 is 44.1 Å². The fraction of sp³-hybridized carbons (Fsp3) is 0.125. The van der Waals surface area contributed by atoms with Crippen molar-refractivity contribution in [3.8, 4) is 0 Å². The molecule has 0 aliphatic heterocycles. The highest BCUT2D eigenvalue weighted by Crippen LogP contribution is 2.24. The summed E-state index contributed by atoms with van der Waals surface area (Å²) in [6.07, 6.45) is 1.90. The lowest BCUT2D eigenvalue weighted by Crippen LogP contribution is -1.73. The van der Waals surface area contributed by atoms with Gasteiger partial charge in [-0.25, -0.2) is 0 Å². The lowest BCUT2D eigenvalue weighted by molar-refractivity contribution is 1.40. The zero-order chi connectivity index (χ0) is 7.84. The molecule has 0 radical (unpaired) electrons. The predicted octanol–water partition coefficient (Wildman–Crippen LogP) is 3.21. The normalized spacial score (nSPS) is 10.7. The van der Waals surface area contributed by atoms with E-state index in [0.29, 0.717) is 0 Å². The second-order valence-electron chi connectivity index (χ2n) is 2.39. The van der Waals surface area contributed by atoms with Crippen molar-refractivity contribution in [2.24, 2.45) is 0 Å². The molecule has 0 fully saturated rings. The molecule has 11 heavy (non-hydrogen) atoms. The molecule has 0 aromatic carbocycles. The van der Waals surface area contributed by atoms with Crippen LogP contribution in [0.4, 0.5) is 0 Å². The van der Waals surface area contributed by atoms with Crippen LogP contribution in [0.25, 0.3) is 10.2 Å². The molecule has 0 spiro atoms. The van der Waals surface area contributed by atoms with Gasteiger partial charge in [0.05, 0.1) is 10.2 Å². The standard InChI is InChI=1S/C8H6INS/c1-5-2-7-8(11-5)3-6(9)4-10-7/h2-4H,1H3. The molecule has 0 bridgehead atoms. The van der Waals surface area contributed by atoms with Crippen molar-refractivity contribution in [1.29, 1.82) is 0 Å². The summed E-state index contributed by atoms with van der Waals surface area (Å²) in [6, 6.07) is 4.29. The van der Waals surface area contributed by atoms with E-state index in [4.69, 9.17) is 0 Å². The van der Waals surface area contributed by atoms with Crippen LogP contribution >= 0.6 is 33.9 Å². The number of aryl methyl sites for hydroxylation is 1.